The van der Waals surface area contributed by atoms with Crippen LogP contribution in [0.2, 0.25) is 0 Å². The number of rotatable bonds is 3. The largest absolute Gasteiger partial charge is 0.379 e. The second-order valence-corrected chi connectivity index (χ2v) is 8.10. The van der Waals surface area contributed by atoms with Gasteiger partial charge in [0.2, 0.25) is 0 Å². The van der Waals surface area contributed by atoms with Gasteiger partial charge in [0.1, 0.15) is 5.65 Å². The van der Waals surface area contributed by atoms with Crippen LogP contribution >= 0.6 is 12.8 Å². The smallest absolute Gasteiger partial charge is 0.150 e. The topological polar surface area (TPSA) is 59.0 Å². The van der Waals surface area contributed by atoms with E-state index in [1.165, 1.54) is 31.2 Å². The van der Waals surface area contributed by atoms with Crippen LogP contribution in [0.15, 0.2) is 30.9 Å². The maximum atomic E-state index is 5.50. The van der Waals surface area contributed by atoms with Gasteiger partial charge < -0.3 is 4.74 Å². The second-order valence-electron chi connectivity index (χ2n) is 7.67. The Morgan fingerprint density at radius 1 is 1.11 bits per heavy atom. The standard InChI is InChI=1S/C20H25N5OS/c27-25-13-19(16-11-22-23-12-16)18-9-15(10-21-20(18)25)14-1-3-17(4-2-14)24-5-7-26-8-6-24/h9-14,17,27H,1-8H2,(H,22,23). The zero-order valence-electron chi connectivity index (χ0n) is 15.3. The lowest BCUT2D eigenvalue weighted by Crippen LogP contribution is -2.44. The number of nitrogens with one attached hydrogen (secondary N) is 1. The summed E-state index contributed by atoms with van der Waals surface area (Å²) >= 11 is 4.54. The SMILES string of the molecule is Sn1cc(-c2cn[nH]c2)c2cc(C3CCC(N4CCOCC4)CC3)cnc21. The summed E-state index contributed by atoms with van der Waals surface area (Å²) in [6.45, 7) is 3.95. The molecule has 1 N–H and O–H groups in total. The number of hydrogen-bond acceptors (Lipinski definition) is 5. The van der Waals surface area contributed by atoms with Crippen molar-refractivity contribution in [3.05, 3.63) is 36.4 Å². The molecule has 1 aliphatic carbocycles. The highest BCUT2D eigenvalue weighted by molar-refractivity contribution is 7.78. The molecule has 27 heavy (non-hydrogen) atoms. The minimum atomic E-state index is 0.597. The lowest BCUT2D eigenvalue weighted by molar-refractivity contribution is 0.00729. The summed E-state index contributed by atoms with van der Waals surface area (Å²) in [5.74, 6) is 0.597. The van der Waals surface area contributed by atoms with Crippen molar-refractivity contribution in [2.45, 2.75) is 37.6 Å². The highest BCUT2D eigenvalue weighted by Gasteiger charge is 2.28. The lowest BCUT2D eigenvalue weighted by Gasteiger charge is -2.38. The van der Waals surface area contributed by atoms with Gasteiger partial charge in [-0.05, 0) is 43.2 Å². The van der Waals surface area contributed by atoms with E-state index >= 15 is 0 Å². The van der Waals surface area contributed by atoms with Crippen LogP contribution < -0.4 is 0 Å². The first-order chi connectivity index (χ1) is 13.3. The minimum absolute atomic E-state index is 0.597. The molecule has 7 heteroatoms. The molecule has 0 aromatic carbocycles. The van der Waals surface area contributed by atoms with Gasteiger partial charge in [0.25, 0.3) is 0 Å². The summed E-state index contributed by atoms with van der Waals surface area (Å²) < 4.78 is 7.30. The van der Waals surface area contributed by atoms with Crippen molar-refractivity contribution in [2.75, 3.05) is 26.3 Å². The number of nitrogens with zero attached hydrogens (tertiary/aromatic N) is 4. The van der Waals surface area contributed by atoms with Crippen LogP contribution in [-0.2, 0) is 4.74 Å². The van der Waals surface area contributed by atoms with Crippen molar-refractivity contribution in [3.63, 3.8) is 0 Å². The van der Waals surface area contributed by atoms with E-state index in [2.05, 4.69) is 34.0 Å². The molecule has 4 heterocycles. The number of ether oxygens (including phenoxy) is 1. The average molecular weight is 384 g/mol. The predicted octanol–water partition coefficient (Wildman–Crippen LogP) is 3.48. The van der Waals surface area contributed by atoms with E-state index in [0.29, 0.717) is 5.92 Å². The number of pyridine rings is 1. The first-order valence-electron chi connectivity index (χ1n) is 9.81. The van der Waals surface area contributed by atoms with Gasteiger partial charge in [0.15, 0.2) is 0 Å². The molecule has 6 nitrogen and oxygen atoms in total. The molecule has 2 aliphatic rings. The van der Waals surface area contributed by atoms with E-state index in [-0.39, 0.29) is 0 Å². The molecule has 1 saturated heterocycles. The first kappa shape index (κ1) is 17.3. The van der Waals surface area contributed by atoms with Crippen LogP contribution in [0.3, 0.4) is 0 Å². The first-order valence-corrected chi connectivity index (χ1v) is 10.2. The lowest BCUT2D eigenvalue weighted by atomic mass is 9.81. The van der Waals surface area contributed by atoms with Gasteiger partial charge in [-0.2, -0.15) is 5.10 Å². The van der Waals surface area contributed by atoms with Crippen molar-refractivity contribution in [1.29, 1.82) is 0 Å². The quantitative estimate of drug-likeness (QED) is 0.680. The molecule has 0 unspecified atom stereocenters. The third-order valence-corrected chi connectivity index (χ3v) is 6.49. The van der Waals surface area contributed by atoms with E-state index in [1.54, 1.807) is 3.97 Å². The van der Waals surface area contributed by atoms with Crippen molar-refractivity contribution >= 4 is 23.8 Å². The van der Waals surface area contributed by atoms with Crippen LogP contribution in [0.4, 0.5) is 0 Å². The molecule has 1 aliphatic heterocycles. The summed E-state index contributed by atoms with van der Waals surface area (Å²) in [6.07, 6.45) is 12.8. The normalized spacial score (nSPS) is 24.5. The Labute approximate surface area is 164 Å². The van der Waals surface area contributed by atoms with Gasteiger partial charge in [-0.25, -0.2) is 4.98 Å². The van der Waals surface area contributed by atoms with Crippen LogP contribution in [0.5, 0.6) is 0 Å². The third-order valence-electron chi connectivity index (χ3n) is 6.19. The summed E-state index contributed by atoms with van der Waals surface area (Å²) in [4.78, 5) is 7.35. The monoisotopic (exact) mass is 383 g/mol. The molecule has 0 spiro atoms. The molecule has 0 bridgehead atoms. The Morgan fingerprint density at radius 2 is 1.93 bits per heavy atom. The number of hydrogen-bond donors (Lipinski definition) is 2. The van der Waals surface area contributed by atoms with Gasteiger partial charge in [0, 0.05) is 54.2 Å². The zero-order chi connectivity index (χ0) is 18.2. The van der Waals surface area contributed by atoms with Gasteiger partial charge in [-0.15, -0.1) is 0 Å². The average Bonchev–Trinajstić information content (AvgIpc) is 3.37. The van der Waals surface area contributed by atoms with Crippen LogP contribution in [0, 0.1) is 0 Å². The number of morpholine rings is 1. The second kappa shape index (κ2) is 7.30. The van der Waals surface area contributed by atoms with Gasteiger partial charge in [0.05, 0.1) is 19.4 Å². The fraction of sp³-hybridized carbons (Fsp3) is 0.500. The number of aromatic nitrogens is 4. The van der Waals surface area contributed by atoms with Crippen LogP contribution in [0.25, 0.3) is 22.2 Å². The van der Waals surface area contributed by atoms with Crippen LogP contribution in [0.1, 0.15) is 37.2 Å². The van der Waals surface area contributed by atoms with E-state index in [4.69, 9.17) is 9.72 Å². The van der Waals surface area contributed by atoms with Gasteiger partial charge in [-0.3, -0.25) is 14.0 Å². The van der Waals surface area contributed by atoms with Gasteiger partial charge in [-0.1, -0.05) is 12.8 Å². The third kappa shape index (κ3) is 3.28. The zero-order valence-corrected chi connectivity index (χ0v) is 16.2. The molecule has 142 valence electrons. The molecule has 0 radical (unpaired) electrons. The summed E-state index contributed by atoms with van der Waals surface area (Å²) in [6, 6.07) is 3.04. The maximum Gasteiger partial charge on any atom is 0.150 e. The molecule has 0 amide bonds. The molecule has 2 fully saturated rings. The predicted molar refractivity (Wildman–Crippen MR) is 109 cm³/mol. The van der Waals surface area contributed by atoms with E-state index < -0.39 is 0 Å². The Morgan fingerprint density at radius 3 is 2.67 bits per heavy atom. The minimum Gasteiger partial charge on any atom is -0.379 e. The molecular formula is C20H25N5OS. The Kier molecular flexibility index (Phi) is 4.67. The molecule has 1 saturated carbocycles. The number of aromatic amines is 1. The van der Waals surface area contributed by atoms with Crippen molar-refractivity contribution in [2.24, 2.45) is 0 Å². The van der Waals surface area contributed by atoms with E-state index in [1.807, 2.05) is 24.8 Å². The maximum absolute atomic E-state index is 5.50. The molecule has 5 rings (SSSR count). The number of H-pyrrole nitrogens is 1. The highest BCUT2D eigenvalue weighted by atomic mass is 32.1. The Balaban J connectivity index is 1.37. The highest BCUT2D eigenvalue weighted by Crippen LogP contribution is 2.37. The molecule has 3 aromatic heterocycles. The van der Waals surface area contributed by atoms with Gasteiger partial charge >= 0.3 is 0 Å². The summed E-state index contributed by atoms with van der Waals surface area (Å²) in [5.41, 5.74) is 4.46. The summed E-state index contributed by atoms with van der Waals surface area (Å²) in [5, 5.41) is 8.14. The van der Waals surface area contributed by atoms with E-state index in [9.17, 15) is 0 Å². The molecule has 3 aromatic rings. The van der Waals surface area contributed by atoms with Crippen molar-refractivity contribution in [1.82, 2.24) is 24.1 Å². The summed E-state index contributed by atoms with van der Waals surface area (Å²) in [7, 11) is 0. The van der Waals surface area contributed by atoms with Crippen molar-refractivity contribution in [3.8, 4) is 11.1 Å². The number of thiol groups is 1. The fourth-order valence-corrected chi connectivity index (χ4v) is 4.95. The van der Waals surface area contributed by atoms with Crippen molar-refractivity contribution < 1.29 is 4.74 Å². The number of fused-ring (bicyclic) bond motifs is 1. The molecule has 0 atom stereocenters. The Hall–Kier alpha value is -1.83. The van der Waals surface area contributed by atoms with E-state index in [0.717, 1.165) is 54.5 Å². The van der Waals surface area contributed by atoms with Crippen LogP contribution in [-0.4, -0.2) is 56.4 Å². The Bertz CT molecular complexity index is 908. The molecular weight excluding hydrogens is 358 g/mol. The fourth-order valence-electron chi connectivity index (χ4n) is 4.68.